The molecule has 0 atom stereocenters. The second-order valence-corrected chi connectivity index (χ2v) is 10.1. The minimum Gasteiger partial charge on any atom is -0.508 e. The van der Waals surface area contributed by atoms with Crippen molar-refractivity contribution in [3.05, 3.63) is 73.2 Å². The Morgan fingerprint density at radius 2 is 1.75 bits per heavy atom. The highest BCUT2D eigenvalue weighted by molar-refractivity contribution is 6.01. The van der Waals surface area contributed by atoms with Crippen molar-refractivity contribution in [2.45, 2.75) is 25.7 Å². The van der Waals surface area contributed by atoms with Gasteiger partial charge in [0.2, 0.25) is 5.91 Å². The normalized spacial score (nSPS) is 13.8. The monoisotopic (exact) mass is 533 g/mol. The van der Waals surface area contributed by atoms with Crippen LogP contribution in [0.4, 0.5) is 10.1 Å². The van der Waals surface area contributed by atoms with E-state index in [1.54, 1.807) is 31.0 Å². The van der Waals surface area contributed by atoms with Gasteiger partial charge in [-0.1, -0.05) is 12.8 Å². The maximum absolute atomic E-state index is 14.0. The van der Waals surface area contributed by atoms with Crippen LogP contribution in [0.25, 0.3) is 55.6 Å². The number of rotatable bonds is 5. The highest BCUT2D eigenvalue weighted by atomic mass is 19.1. The van der Waals surface area contributed by atoms with E-state index < -0.39 is 5.82 Å². The lowest BCUT2D eigenvalue weighted by Crippen LogP contribution is -2.20. The Kier molecular flexibility index (Phi) is 5.73. The Hall–Kier alpha value is -5.12. The van der Waals surface area contributed by atoms with Gasteiger partial charge in [0.05, 0.1) is 46.7 Å². The fourth-order valence-corrected chi connectivity index (χ4v) is 5.50. The van der Waals surface area contributed by atoms with Crippen LogP contribution in [-0.2, 0) is 4.79 Å². The Morgan fingerprint density at radius 1 is 0.900 bits per heavy atom. The van der Waals surface area contributed by atoms with Gasteiger partial charge in [-0.25, -0.2) is 4.39 Å². The van der Waals surface area contributed by atoms with Crippen molar-refractivity contribution in [3.8, 4) is 39.5 Å². The number of pyridine rings is 3. The quantitative estimate of drug-likeness (QED) is 0.208. The Morgan fingerprint density at radius 3 is 2.60 bits per heavy atom. The lowest BCUT2D eigenvalue weighted by Gasteiger charge is -2.11. The van der Waals surface area contributed by atoms with E-state index in [-0.39, 0.29) is 17.6 Å². The molecule has 10 heteroatoms. The molecule has 1 aliphatic carbocycles. The number of nitrogens with zero attached hydrogens (tertiary/aromatic N) is 4. The summed E-state index contributed by atoms with van der Waals surface area (Å²) in [6.45, 7) is 0. The van der Waals surface area contributed by atoms with Gasteiger partial charge in [0, 0.05) is 46.3 Å². The van der Waals surface area contributed by atoms with Gasteiger partial charge < -0.3 is 15.4 Å². The van der Waals surface area contributed by atoms with Crippen molar-refractivity contribution in [1.82, 2.24) is 30.1 Å². The number of fused-ring (bicyclic) bond motifs is 2. The molecule has 0 radical (unpaired) electrons. The SMILES string of the molecule is O=C(Nc1cncc(-c2cc3c(-c4cc5c(-c6cc(O)cc(F)c6)cncc5[nH]4)n[nH]c3cn2)c1)C1CCCC1. The first-order valence-electron chi connectivity index (χ1n) is 13.1. The van der Waals surface area contributed by atoms with Gasteiger partial charge >= 0.3 is 0 Å². The lowest BCUT2D eigenvalue weighted by atomic mass is 10.0. The molecule has 4 N–H and O–H groups in total. The molecular weight excluding hydrogens is 509 g/mol. The summed E-state index contributed by atoms with van der Waals surface area (Å²) in [4.78, 5) is 29.2. The number of aromatic hydroxyl groups is 1. The molecule has 5 aromatic heterocycles. The molecule has 6 aromatic rings. The molecule has 1 fully saturated rings. The number of hydrogen-bond acceptors (Lipinski definition) is 6. The van der Waals surface area contributed by atoms with Gasteiger partial charge in [0.1, 0.15) is 17.3 Å². The molecule has 0 aliphatic heterocycles. The Balaban J connectivity index is 1.25. The third-order valence-electron chi connectivity index (χ3n) is 7.47. The van der Waals surface area contributed by atoms with Crippen molar-refractivity contribution in [2.75, 3.05) is 5.32 Å². The Bertz CT molecular complexity index is 1890. The molecular formula is C30H24FN7O2. The number of carbonyl (C=O) groups excluding carboxylic acids is 1. The van der Waals surface area contributed by atoms with Gasteiger partial charge in [-0.05, 0) is 48.7 Å². The van der Waals surface area contributed by atoms with Crippen LogP contribution in [0.2, 0.25) is 0 Å². The van der Waals surface area contributed by atoms with E-state index in [0.29, 0.717) is 28.2 Å². The van der Waals surface area contributed by atoms with E-state index in [4.69, 9.17) is 0 Å². The minimum absolute atomic E-state index is 0.0399. The largest absolute Gasteiger partial charge is 0.508 e. The van der Waals surface area contributed by atoms with Gasteiger partial charge in [0.15, 0.2) is 0 Å². The highest BCUT2D eigenvalue weighted by Gasteiger charge is 2.23. The summed E-state index contributed by atoms with van der Waals surface area (Å²) in [5.41, 5.74) is 6.22. The molecule has 0 spiro atoms. The van der Waals surface area contributed by atoms with Crippen molar-refractivity contribution < 1.29 is 14.3 Å². The fourth-order valence-electron chi connectivity index (χ4n) is 5.50. The maximum atomic E-state index is 14.0. The van der Waals surface area contributed by atoms with Crippen LogP contribution in [0, 0.1) is 11.7 Å². The number of anilines is 1. The zero-order valence-corrected chi connectivity index (χ0v) is 21.3. The van der Waals surface area contributed by atoms with Crippen LogP contribution >= 0.6 is 0 Å². The fraction of sp³-hybridized carbons (Fsp3) is 0.167. The number of nitrogens with one attached hydrogen (secondary N) is 3. The summed E-state index contributed by atoms with van der Waals surface area (Å²) in [6, 6.07) is 9.68. The van der Waals surface area contributed by atoms with E-state index in [9.17, 15) is 14.3 Å². The number of carbonyl (C=O) groups is 1. The van der Waals surface area contributed by atoms with Crippen molar-refractivity contribution in [3.63, 3.8) is 0 Å². The van der Waals surface area contributed by atoms with Crippen LogP contribution < -0.4 is 5.32 Å². The number of phenolic OH excluding ortho intramolecular Hbond substituents is 1. The molecule has 0 unspecified atom stereocenters. The summed E-state index contributed by atoms with van der Waals surface area (Å²) in [6.07, 6.45) is 12.5. The topological polar surface area (TPSA) is 132 Å². The smallest absolute Gasteiger partial charge is 0.227 e. The van der Waals surface area contributed by atoms with Crippen LogP contribution in [0.15, 0.2) is 67.4 Å². The van der Waals surface area contributed by atoms with Crippen LogP contribution in [0.3, 0.4) is 0 Å². The molecule has 1 aromatic carbocycles. The van der Waals surface area contributed by atoms with E-state index in [2.05, 4.69) is 35.5 Å². The molecule has 1 amide bonds. The molecule has 1 aliphatic rings. The number of hydrogen-bond donors (Lipinski definition) is 4. The number of H-pyrrole nitrogens is 2. The number of phenols is 1. The van der Waals surface area contributed by atoms with Crippen LogP contribution in [0.5, 0.6) is 5.75 Å². The van der Waals surface area contributed by atoms with Crippen LogP contribution in [0.1, 0.15) is 25.7 Å². The van der Waals surface area contributed by atoms with E-state index in [0.717, 1.165) is 64.8 Å². The first kappa shape index (κ1) is 24.0. The standard InChI is InChI=1S/C30H24FN7O2/c31-19-5-17(7-21(39)8-19)24-13-33-14-27-22(24)9-26(36-27)29-23-10-25(34-15-28(23)37-38-29)18-6-20(12-32-11-18)35-30(40)16-3-1-2-4-16/h5-16,36,39H,1-4H2,(H,35,40)(H,37,38). The number of aromatic amines is 2. The first-order chi connectivity index (χ1) is 19.5. The molecule has 40 heavy (non-hydrogen) atoms. The molecule has 9 nitrogen and oxygen atoms in total. The zero-order valence-electron chi connectivity index (χ0n) is 21.3. The van der Waals surface area contributed by atoms with E-state index >= 15 is 0 Å². The predicted molar refractivity (Wildman–Crippen MR) is 150 cm³/mol. The lowest BCUT2D eigenvalue weighted by molar-refractivity contribution is -0.119. The first-order valence-corrected chi connectivity index (χ1v) is 13.1. The minimum atomic E-state index is -0.530. The third-order valence-corrected chi connectivity index (χ3v) is 7.47. The molecule has 7 rings (SSSR count). The van der Waals surface area contributed by atoms with Crippen molar-refractivity contribution in [1.29, 1.82) is 0 Å². The van der Waals surface area contributed by atoms with Gasteiger partial charge in [-0.3, -0.25) is 24.8 Å². The summed E-state index contributed by atoms with van der Waals surface area (Å²) in [5.74, 6) is -0.584. The second kappa shape index (κ2) is 9.57. The second-order valence-electron chi connectivity index (χ2n) is 10.1. The summed E-state index contributed by atoms with van der Waals surface area (Å²) >= 11 is 0. The van der Waals surface area contributed by atoms with Crippen molar-refractivity contribution in [2.24, 2.45) is 5.92 Å². The zero-order chi connectivity index (χ0) is 27.2. The number of benzene rings is 1. The van der Waals surface area contributed by atoms with Gasteiger partial charge in [-0.2, -0.15) is 5.10 Å². The van der Waals surface area contributed by atoms with Gasteiger partial charge in [0.25, 0.3) is 0 Å². The maximum Gasteiger partial charge on any atom is 0.227 e. The molecule has 0 saturated heterocycles. The summed E-state index contributed by atoms with van der Waals surface area (Å²) < 4.78 is 14.0. The van der Waals surface area contributed by atoms with Crippen LogP contribution in [-0.4, -0.2) is 41.1 Å². The average Bonchev–Trinajstić information content (AvgIpc) is 3.71. The number of amides is 1. The van der Waals surface area contributed by atoms with E-state index in [1.807, 2.05) is 18.2 Å². The molecule has 1 saturated carbocycles. The van der Waals surface area contributed by atoms with Crippen molar-refractivity contribution >= 4 is 33.4 Å². The predicted octanol–water partition coefficient (Wildman–Crippen LogP) is 6.20. The average molecular weight is 534 g/mol. The highest BCUT2D eigenvalue weighted by Crippen LogP contribution is 2.35. The summed E-state index contributed by atoms with van der Waals surface area (Å²) in [7, 11) is 0. The molecule has 5 heterocycles. The number of aromatic nitrogens is 6. The Labute approximate surface area is 227 Å². The van der Waals surface area contributed by atoms with Gasteiger partial charge in [-0.15, -0.1) is 0 Å². The number of halogens is 1. The summed E-state index contributed by atoms with van der Waals surface area (Å²) in [5, 5.41) is 22.2. The third kappa shape index (κ3) is 4.33. The molecule has 0 bridgehead atoms. The molecule has 198 valence electrons. The van der Waals surface area contributed by atoms with E-state index in [1.165, 1.54) is 12.1 Å².